The third kappa shape index (κ3) is 5.47. The van der Waals surface area contributed by atoms with E-state index in [1.165, 1.54) is 10.5 Å². The standard InChI is InChI=1S/C20H25N5O/c1-17(19-7-9-21-10-8-19)22-23-20(26)16-25-13-11-24(12-14-25)15-18-5-3-2-4-6-18/h2-10H,11-16H2,1H3,(H,23,26)/p+2/b22-17-. The van der Waals surface area contributed by atoms with Gasteiger partial charge in [0.15, 0.2) is 6.54 Å². The van der Waals surface area contributed by atoms with Crippen molar-refractivity contribution >= 4 is 11.6 Å². The molecule has 0 saturated carbocycles. The van der Waals surface area contributed by atoms with Crippen LogP contribution in [0.3, 0.4) is 0 Å². The Labute approximate surface area is 154 Å². The molecule has 0 bridgehead atoms. The molecule has 0 spiro atoms. The second kappa shape index (κ2) is 9.22. The summed E-state index contributed by atoms with van der Waals surface area (Å²) < 4.78 is 0. The van der Waals surface area contributed by atoms with E-state index in [2.05, 4.69) is 45.8 Å². The zero-order chi connectivity index (χ0) is 18.2. The van der Waals surface area contributed by atoms with E-state index in [9.17, 15) is 4.79 Å². The summed E-state index contributed by atoms with van der Waals surface area (Å²) in [5.41, 5.74) is 5.81. The highest BCUT2D eigenvalue weighted by molar-refractivity contribution is 5.99. The van der Waals surface area contributed by atoms with Crippen molar-refractivity contribution in [3.05, 3.63) is 66.0 Å². The van der Waals surface area contributed by atoms with E-state index >= 15 is 0 Å². The summed E-state index contributed by atoms with van der Waals surface area (Å²) in [5.74, 6) is -0.0279. The van der Waals surface area contributed by atoms with Gasteiger partial charge < -0.3 is 9.80 Å². The molecule has 0 aliphatic carbocycles. The fraction of sp³-hybridized carbons (Fsp3) is 0.350. The molecule has 1 aliphatic rings. The lowest BCUT2D eigenvalue weighted by Crippen LogP contribution is -3.28. The molecule has 1 aromatic heterocycles. The summed E-state index contributed by atoms with van der Waals surface area (Å²) in [6.07, 6.45) is 3.44. The average Bonchev–Trinajstić information content (AvgIpc) is 2.69. The smallest absolute Gasteiger partial charge is 0.295 e. The van der Waals surface area contributed by atoms with Crippen LogP contribution < -0.4 is 15.2 Å². The molecule has 1 saturated heterocycles. The van der Waals surface area contributed by atoms with E-state index < -0.39 is 0 Å². The Balaban J connectivity index is 1.41. The van der Waals surface area contributed by atoms with Crippen molar-refractivity contribution in [2.45, 2.75) is 13.5 Å². The van der Waals surface area contributed by atoms with E-state index in [-0.39, 0.29) is 5.91 Å². The Morgan fingerprint density at radius 1 is 1.04 bits per heavy atom. The largest absolute Gasteiger partial charge is 0.322 e. The third-order valence-corrected chi connectivity index (χ3v) is 4.82. The number of piperazine rings is 1. The van der Waals surface area contributed by atoms with Crippen molar-refractivity contribution in [3.8, 4) is 0 Å². The monoisotopic (exact) mass is 353 g/mol. The van der Waals surface area contributed by atoms with Gasteiger partial charge in [-0.15, -0.1) is 0 Å². The van der Waals surface area contributed by atoms with Crippen LogP contribution in [0.2, 0.25) is 0 Å². The Hall–Kier alpha value is -2.57. The fourth-order valence-corrected chi connectivity index (χ4v) is 3.27. The minimum absolute atomic E-state index is 0.0279. The zero-order valence-corrected chi connectivity index (χ0v) is 15.2. The number of nitrogens with one attached hydrogen (secondary N) is 3. The first-order valence-corrected chi connectivity index (χ1v) is 9.15. The molecule has 2 heterocycles. The maximum absolute atomic E-state index is 12.2. The first-order chi connectivity index (χ1) is 12.7. The molecular weight excluding hydrogens is 326 g/mol. The van der Waals surface area contributed by atoms with Gasteiger partial charge in [-0.3, -0.25) is 9.78 Å². The van der Waals surface area contributed by atoms with Crippen LogP contribution in [-0.4, -0.2) is 49.3 Å². The summed E-state index contributed by atoms with van der Waals surface area (Å²) in [6.45, 7) is 7.65. The number of carbonyl (C=O) groups excluding carboxylic acids is 1. The molecule has 1 aliphatic heterocycles. The van der Waals surface area contributed by atoms with E-state index in [0.29, 0.717) is 6.54 Å². The molecule has 3 N–H and O–H groups in total. The molecule has 0 atom stereocenters. The van der Waals surface area contributed by atoms with Gasteiger partial charge in [0, 0.05) is 23.5 Å². The van der Waals surface area contributed by atoms with Gasteiger partial charge in [0.2, 0.25) is 0 Å². The molecule has 1 fully saturated rings. The Bertz CT molecular complexity index is 724. The molecule has 0 unspecified atom stereocenters. The Kier molecular flexibility index (Phi) is 6.46. The summed E-state index contributed by atoms with van der Waals surface area (Å²) in [4.78, 5) is 19.1. The maximum atomic E-state index is 12.2. The molecule has 6 heteroatoms. The number of hydrogen-bond acceptors (Lipinski definition) is 3. The van der Waals surface area contributed by atoms with Crippen molar-refractivity contribution in [1.82, 2.24) is 10.4 Å². The van der Waals surface area contributed by atoms with E-state index in [1.54, 1.807) is 17.3 Å². The van der Waals surface area contributed by atoms with Crippen LogP contribution in [-0.2, 0) is 11.3 Å². The number of benzene rings is 1. The number of carbonyl (C=O) groups is 1. The molecule has 26 heavy (non-hydrogen) atoms. The summed E-state index contributed by atoms with van der Waals surface area (Å²) >= 11 is 0. The average molecular weight is 353 g/mol. The molecule has 1 aromatic carbocycles. The minimum atomic E-state index is -0.0279. The maximum Gasteiger partial charge on any atom is 0.295 e. The summed E-state index contributed by atoms with van der Waals surface area (Å²) in [7, 11) is 0. The first kappa shape index (κ1) is 18.2. The lowest BCUT2D eigenvalue weighted by Gasteiger charge is -2.29. The SMILES string of the molecule is C/C(=N/NC(=O)C[NH+]1CC[NH+](Cc2ccccc2)CC1)c1ccncc1. The van der Waals surface area contributed by atoms with Gasteiger partial charge in [-0.05, 0) is 19.1 Å². The van der Waals surface area contributed by atoms with Gasteiger partial charge in [0.25, 0.3) is 5.91 Å². The normalized spacial score (nSPS) is 20.6. The van der Waals surface area contributed by atoms with Crippen LogP contribution in [0.15, 0.2) is 60.0 Å². The number of quaternary nitrogens is 2. The summed E-state index contributed by atoms with van der Waals surface area (Å²) in [6, 6.07) is 14.4. The minimum Gasteiger partial charge on any atom is -0.322 e. The van der Waals surface area contributed by atoms with E-state index in [4.69, 9.17) is 0 Å². The molecule has 2 aromatic rings. The third-order valence-electron chi connectivity index (χ3n) is 4.82. The number of nitrogens with zero attached hydrogens (tertiary/aromatic N) is 2. The quantitative estimate of drug-likeness (QED) is 0.456. The van der Waals surface area contributed by atoms with Gasteiger partial charge in [-0.1, -0.05) is 30.3 Å². The Morgan fingerprint density at radius 3 is 2.38 bits per heavy atom. The van der Waals surface area contributed by atoms with Crippen LogP contribution in [0.5, 0.6) is 0 Å². The van der Waals surface area contributed by atoms with E-state index in [0.717, 1.165) is 44.0 Å². The van der Waals surface area contributed by atoms with Crippen LogP contribution in [0, 0.1) is 0 Å². The number of hydrazone groups is 1. The van der Waals surface area contributed by atoms with Gasteiger partial charge in [-0.2, -0.15) is 5.10 Å². The number of rotatable bonds is 6. The predicted octanol–water partition coefficient (Wildman–Crippen LogP) is -1.09. The van der Waals surface area contributed by atoms with Crippen molar-refractivity contribution in [2.75, 3.05) is 32.7 Å². The molecule has 1 amide bonds. The van der Waals surface area contributed by atoms with Crippen molar-refractivity contribution in [3.63, 3.8) is 0 Å². The second-order valence-electron chi connectivity index (χ2n) is 6.81. The zero-order valence-electron chi connectivity index (χ0n) is 15.2. The Morgan fingerprint density at radius 2 is 1.69 bits per heavy atom. The van der Waals surface area contributed by atoms with Crippen molar-refractivity contribution in [1.29, 1.82) is 0 Å². The van der Waals surface area contributed by atoms with Gasteiger partial charge in [-0.25, -0.2) is 5.43 Å². The second-order valence-corrected chi connectivity index (χ2v) is 6.81. The van der Waals surface area contributed by atoms with Crippen LogP contribution >= 0.6 is 0 Å². The van der Waals surface area contributed by atoms with Crippen molar-refractivity contribution in [2.24, 2.45) is 5.10 Å². The first-order valence-electron chi connectivity index (χ1n) is 9.15. The topological polar surface area (TPSA) is 63.2 Å². The lowest BCUT2D eigenvalue weighted by molar-refractivity contribution is -1.02. The van der Waals surface area contributed by atoms with E-state index in [1.807, 2.05) is 19.1 Å². The lowest BCUT2D eigenvalue weighted by atomic mass is 10.2. The van der Waals surface area contributed by atoms with Gasteiger partial charge >= 0.3 is 0 Å². The summed E-state index contributed by atoms with van der Waals surface area (Å²) in [5, 5.41) is 4.20. The molecule has 0 radical (unpaired) electrons. The van der Waals surface area contributed by atoms with Gasteiger partial charge in [0.05, 0.1) is 5.71 Å². The predicted molar refractivity (Wildman–Crippen MR) is 101 cm³/mol. The fourth-order valence-electron chi connectivity index (χ4n) is 3.27. The van der Waals surface area contributed by atoms with Crippen LogP contribution in [0.4, 0.5) is 0 Å². The van der Waals surface area contributed by atoms with Crippen LogP contribution in [0.1, 0.15) is 18.1 Å². The number of amides is 1. The number of pyridine rings is 1. The van der Waals surface area contributed by atoms with Crippen molar-refractivity contribution < 1.29 is 14.6 Å². The van der Waals surface area contributed by atoms with Crippen LogP contribution in [0.25, 0.3) is 0 Å². The number of aromatic nitrogens is 1. The molecule has 3 rings (SSSR count). The molecule has 136 valence electrons. The highest BCUT2D eigenvalue weighted by Gasteiger charge is 2.24. The highest BCUT2D eigenvalue weighted by Crippen LogP contribution is 1.97. The number of hydrogen-bond donors (Lipinski definition) is 3. The van der Waals surface area contributed by atoms with Gasteiger partial charge in [0.1, 0.15) is 32.7 Å². The molecule has 6 nitrogen and oxygen atoms in total. The molecular formula is C20H27N5O+2. The highest BCUT2D eigenvalue weighted by atomic mass is 16.2.